The fraction of sp³-hybridized carbons (Fsp3) is 0.864. The lowest BCUT2D eigenvalue weighted by Gasteiger charge is -2.63. The van der Waals surface area contributed by atoms with Gasteiger partial charge in [-0.1, -0.05) is 41.5 Å². The average Bonchev–Trinajstić information content (AvgIpc) is 2.99. The van der Waals surface area contributed by atoms with Gasteiger partial charge < -0.3 is 4.74 Å². The highest BCUT2D eigenvalue weighted by atomic mass is 33.1. The number of hydrogen-bond acceptors (Lipinski definition) is 4. The number of carbonyl (C=O) groups is 1. The van der Waals surface area contributed by atoms with Crippen LogP contribution in [0.3, 0.4) is 0 Å². The van der Waals surface area contributed by atoms with Crippen LogP contribution in [0.25, 0.3) is 0 Å². The molecule has 5 aliphatic rings. The molecular formula is C22H32O2S2. The van der Waals surface area contributed by atoms with Gasteiger partial charge in [-0.3, -0.25) is 4.79 Å². The zero-order valence-electron chi connectivity index (χ0n) is 16.1. The van der Waals surface area contributed by atoms with Gasteiger partial charge in [0.2, 0.25) is 0 Å². The van der Waals surface area contributed by atoms with Crippen LogP contribution in [0.15, 0.2) is 12.7 Å². The van der Waals surface area contributed by atoms with Crippen LogP contribution in [-0.2, 0) is 9.53 Å². The molecule has 5 rings (SSSR count). The summed E-state index contributed by atoms with van der Waals surface area (Å²) in [6.45, 7) is 9.27. The van der Waals surface area contributed by atoms with E-state index in [1.165, 1.54) is 38.5 Å². The highest BCUT2D eigenvalue weighted by Gasteiger charge is 2.64. The molecule has 2 nitrogen and oxygen atoms in total. The first-order valence-corrected chi connectivity index (χ1v) is 12.9. The SMILES string of the molecule is C=CC1CCC2C3CCC4CC(=O)C5OCSSC5C4(C)C3CCC12C. The molecule has 0 radical (unpaired) electrons. The summed E-state index contributed by atoms with van der Waals surface area (Å²) < 4.78 is 6.01. The third-order valence-electron chi connectivity index (χ3n) is 9.44. The first kappa shape index (κ1) is 18.1. The van der Waals surface area contributed by atoms with Crippen molar-refractivity contribution in [1.82, 2.24) is 0 Å². The van der Waals surface area contributed by atoms with E-state index in [-0.39, 0.29) is 11.5 Å². The molecule has 0 aromatic rings. The molecule has 4 saturated carbocycles. The Labute approximate surface area is 166 Å². The van der Waals surface area contributed by atoms with Gasteiger partial charge in [0.15, 0.2) is 5.78 Å². The maximum absolute atomic E-state index is 12.7. The fourth-order valence-corrected chi connectivity index (χ4v) is 11.1. The maximum Gasteiger partial charge on any atom is 0.163 e. The van der Waals surface area contributed by atoms with E-state index in [0.717, 1.165) is 24.2 Å². The Morgan fingerprint density at radius 1 is 1.15 bits per heavy atom. The van der Waals surface area contributed by atoms with Crippen molar-refractivity contribution >= 4 is 27.4 Å². The quantitative estimate of drug-likeness (QED) is 0.421. The van der Waals surface area contributed by atoms with Crippen molar-refractivity contribution in [2.24, 2.45) is 40.4 Å². The number of fused-ring (bicyclic) bond motifs is 7. The molecule has 0 N–H and O–H groups in total. The molecule has 1 heterocycles. The summed E-state index contributed by atoms with van der Waals surface area (Å²) in [5.74, 6) is 4.83. The zero-order valence-corrected chi connectivity index (χ0v) is 17.7. The van der Waals surface area contributed by atoms with E-state index in [2.05, 4.69) is 26.5 Å². The molecule has 0 aromatic carbocycles. The predicted octanol–water partition coefficient (Wildman–Crippen LogP) is 5.73. The van der Waals surface area contributed by atoms with Crippen molar-refractivity contribution in [3.8, 4) is 0 Å². The Morgan fingerprint density at radius 2 is 2.00 bits per heavy atom. The van der Waals surface area contributed by atoms with Crippen molar-refractivity contribution in [2.75, 3.05) is 5.94 Å². The van der Waals surface area contributed by atoms with Gasteiger partial charge in [-0.25, -0.2) is 0 Å². The van der Waals surface area contributed by atoms with Gasteiger partial charge >= 0.3 is 0 Å². The highest BCUT2D eigenvalue weighted by molar-refractivity contribution is 8.77. The van der Waals surface area contributed by atoms with Gasteiger partial charge in [-0.05, 0) is 78.9 Å². The van der Waals surface area contributed by atoms with Crippen molar-refractivity contribution in [3.05, 3.63) is 12.7 Å². The number of carbonyl (C=O) groups excluding carboxylic acids is 1. The summed E-state index contributed by atoms with van der Waals surface area (Å²) in [5, 5.41) is 0.362. The molecule has 0 aromatic heterocycles. The van der Waals surface area contributed by atoms with Crippen LogP contribution in [0.1, 0.15) is 58.8 Å². The second-order valence-electron chi connectivity index (χ2n) is 9.99. The third-order valence-corrected chi connectivity index (χ3v) is 12.1. The highest BCUT2D eigenvalue weighted by Crippen LogP contribution is 2.69. The zero-order chi connectivity index (χ0) is 18.1. The van der Waals surface area contributed by atoms with Crippen LogP contribution in [-0.4, -0.2) is 23.1 Å². The van der Waals surface area contributed by atoms with E-state index in [1.54, 1.807) is 0 Å². The number of allylic oxidation sites excluding steroid dienone is 1. The molecule has 0 spiro atoms. The Hall–Kier alpha value is 0.0700. The van der Waals surface area contributed by atoms with E-state index in [1.807, 2.05) is 21.6 Å². The average molecular weight is 393 g/mol. The summed E-state index contributed by atoms with van der Waals surface area (Å²) in [6.07, 6.45) is 10.9. The first-order valence-electron chi connectivity index (χ1n) is 10.5. The second kappa shape index (κ2) is 6.29. The Bertz CT molecular complexity index is 621. The van der Waals surface area contributed by atoms with Crippen molar-refractivity contribution < 1.29 is 9.53 Å². The monoisotopic (exact) mass is 392 g/mol. The topological polar surface area (TPSA) is 26.3 Å². The summed E-state index contributed by atoms with van der Waals surface area (Å²) in [6, 6.07) is 0. The maximum atomic E-state index is 12.7. The van der Waals surface area contributed by atoms with Gasteiger partial charge in [0.05, 0.1) is 5.25 Å². The lowest BCUT2D eigenvalue weighted by molar-refractivity contribution is -0.156. The number of ether oxygens (including phenoxy) is 1. The van der Waals surface area contributed by atoms with Crippen molar-refractivity contribution in [3.63, 3.8) is 0 Å². The minimum atomic E-state index is -0.140. The van der Waals surface area contributed by atoms with Crippen LogP contribution in [0.4, 0.5) is 0 Å². The van der Waals surface area contributed by atoms with Crippen LogP contribution < -0.4 is 0 Å². The molecule has 4 aliphatic carbocycles. The molecule has 26 heavy (non-hydrogen) atoms. The largest absolute Gasteiger partial charge is 0.358 e. The molecule has 144 valence electrons. The minimum absolute atomic E-state index is 0.140. The van der Waals surface area contributed by atoms with Gasteiger partial charge in [0.25, 0.3) is 0 Å². The van der Waals surface area contributed by atoms with Crippen molar-refractivity contribution in [1.29, 1.82) is 0 Å². The standard InChI is InChI=1S/C22H32O2S2/c1-4-13-6-8-16-15-7-5-14-11-18(23)19-20(26-25-12-24-19)22(14,3)17(15)9-10-21(13,16)2/h4,13-17,19-20H,1,5-12H2,2-3H3. The Morgan fingerprint density at radius 3 is 2.81 bits per heavy atom. The summed E-state index contributed by atoms with van der Waals surface area (Å²) in [7, 11) is 3.80. The van der Waals surface area contributed by atoms with E-state index in [4.69, 9.17) is 4.74 Å². The van der Waals surface area contributed by atoms with Gasteiger partial charge in [-0.15, -0.1) is 6.58 Å². The van der Waals surface area contributed by atoms with Crippen molar-refractivity contribution in [2.45, 2.75) is 70.1 Å². The molecule has 4 heteroatoms. The van der Waals surface area contributed by atoms with E-state index in [9.17, 15) is 4.79 Å². The Balaban J connectivity index is 1.50. The lowest BCUT2D eigenvalue weighted by Crippen LogP contribution is -2.62. The van der Waals surface area contributed by atoms with Gasteiger partial charge in [0.1, 0.15) is 12.0 Å². The van der Waals surface area contributed by atoms with E-state index in [0.29, 0.717) is 34.2 Å². The number of hydrogen-bond donors (Lipinski definition) is 0. The van der Waals surface area contributed by atoms with Crippen LogP contribution >= 0.6 is 21.6 Å². The van der Waals surface area contributed by atoms with E-state index >= 15 is 0 Å². The molecule has 5 fully saturated rings. The Kier molecular flexibility index (Phi) is 4.38. The van der Waals surface area contributed by atoms with Crippen LogP contribution in [0.2, 0.25) is 0 Å². The first-order chi connectivity index (χ1) is 12.5. The fourth-order valence-electron chi connectivity index (χ4n) is 8.05. The molecular weight excluding hydrogens is 360 g/mol. The second-order valence-corrected chi connectivity index (χ2v) is 12.4. The summed E-state index contributed by atoms with van der Waals surface area (Å²) in [5.41, 5.74) is 0.744. The number of rotatable bonds is 1. The normalized spacial score (nSPS) is 56.1. The molecule has 0 bridgehead atoms. The smallest absolute Gasteiger partial charge is 0.163 e. The van der Waals surface area contributed by atoms with Crippen LogP contribution in [0.5, 0.6) is 0 Å². The number of Topliss-reactive ketones (excluding diaryl/α,β-unsaturated/α-hetero) is 1. The number of ketones is 1. The minimum Gasteiger partial charge on any atom is -0.358 e. The lowest BCUT2D eigenvalue weighted by atomic mass is 9.44. The predicted molar refractivity (Wildman–Crippen MR) is 110 cm³/mol. The van der Waals surface area contributed by atoms with E-state index < -0.39 is 0 Å². The molecule has 1 saturated heterocycles. The van der Waals surface area contributed by atoms with Gasteiger partial charge in [0, 0.05) is 6.42 Å². The van der Waals surface area contributed by atoms with Gasteiger partial charge in [-0.2, -0.15) is 0 Å². The molecule has 9 atom stereocenters. The molecule has 1 aliphatic heterocycles. The summed E-state index contributed by atoms with van der Waals surface area (Å²) >= 11 is 0. The third kappa shape index (κ3) is 2.27. The molecule has 9 unspecified atom stereocenters. The van der Waals surface area contributed by atoms with Crippen LogP contribution in [0, 0.1) is 40.4 Å². The summed E-state index contributed by atoms with van der Waals surface area (Å²) in [4.78, 5) is 12.7. The molecule has 0 amide bonds.